The van der Waals surface area contributed by atoms with Crippen LogP contribution in [-0.2, 0) is 22.5 Å². The molecule has 0 saturated carbocycles. The van der Waals surface area contributed by atoms with Crippen LogP contribution in [0.5, 0.6) is 5.75 Å². The highest BCUT2D eigenvalue weighted by atomic mass is 32.1. The molecule has 0 spiro atoms. The van der Waals surface area contributed by atoms with E-state index in [0.717, 1.165) is 38.5 Å². The van der Waals surface area contributed by atoms with Crippen molar-refractivity contribution in [2.75, 3.05) is 6.61 Å². The Morgan fingerprint density at radius 3 is 2.64 bits per heavy atom. The predicted octanol–water partition coefficient (Wildman–Crippen LogP) is 5.63. The van der Waals surface area contributed by atoms with E-state index in [1.807, 2.05) is 69.4 Å². The van der Waals surface area contributed by atoms with E-state index < -0.39 is 12.1 Å². The molecule has 1 atom stereocenters. The van der Waals surface area contributed by atoms with Crippen molar-refractivity contribution in [3.63, 3.8) is 0 Å². The summed E-state index contributed by atoms with van der Waals surface area (Å²) in [6.45, 7) is 6.85. The Morgan fingerprint density at radius 1 is 1.15 bits per heavy atom. The summed E-state index contributed by atoms with van der Waals surface area (Å²) in [7, 11) is 0. The quantitative estimate of drug-likeness (QED) is 0.329. The summed E-state index contributed by atoms with van der Waals surface area (Å²) in [6.07, 6.45) is 1.67. The first-order valence-electron chi connectivity index (χ1n) is 11.1. The molecule has 0 aliphatic carbocycles. The van der Waals surface area contributed by atoms with Gasteiger partial charge in [0.15, 0.2) is 6.10 Å². The second kappa shape index (κ2) is 10.2. The molecule has 7 heteroatoms. The Bertz CT molecular complexity index is 1230. The van der Waals surface area contributed by atoms with Crippen LogP contribution in [0.4, 0.5) is 0 Å². The van der Waals surface area contributed by atoms with E-state index in [4.69, 9.17) is 14.5 Å². The second-order valence-electron chi connectivity index (χ2n) is 8.11. The van der Waals surface area contributed by atoms with Crippen molar-refractivity contribution in [2.45, 2.75) is 45.9 Å². The number of nitrogens with zero attached hydrogens (tertiary/aromatic N) is 2. The van der Waals surface area contributed by atoms with Crippen molar-refractivity contribution < 1.29 is 19.4 Å². The minimum absolute atomic E-state index is 0.147. The number of hydrogen-bond acceptors (Lipinski definition) is 5. The molecular formula is C26H28N2O4S. The number of carbonyl (C=O) groups is 1. The van der Waals surface area contributed by atoms with Gasteiger partial charge in [0.1, 0.15) is 10.8 Å². The summed E-state index contributed by atoms with van der Waals surface area (Å²) in [4.78, 5) is 16.3. The third-order valence-corrected chi connectivity index (χ3v) is 6.25. The van der Waals surface area contributed by atoms with E-state index in [-0.39, 0.29) is 6.10 Å². The highest BCUT2D eigenvalue weighted by Crippen LogP contribution is 2.28. The number of carboxylic acid groups (broad SMARTS) is 1. The van der Waals surface area contributed by atoms with E-state index >= 15 is 0 Å². The highest BCUT2D eigenvalue weighted by Gasteiger charge is 2.20. The maximum absolute atomic E-state index is 11.5. The lowest BCUT2D eigenvalue weighted by atomic mass is 10.0. The molecule has 4 aromatic rings. The molecule has 2 aromatic heterocycles. The molecule has 2 heterocycles. The molecule has 0 aliphatic heterocycles. The molecule has 0 amide bonds. The minimum Gasteiger partial charge on any atom is -0.491 e. The second-order valence-corrected chi connectivity index (χ2v) is 8.97. The van der Waals surface area contributed by atoms with E-state index in [2.05, 4.69) is 16.0 Å². The third kappa shape index (κ3) is 5.43. The van der Waals surface area contributed by atoms with Crippen LogP contribution in [0.25, 0.3) is 21.5 Å². The van der Waals surface area contributed by atoms with Crippen molar-refractivity contribution in [1.29, 1.82) is 0 Å². The van der Waals surface area contributed by atoms with Crippen LogP contribution in [0.1, 0.15) is 32.0 Å². The van der Waals surface area contributed by atoms with Gasteiger partial charge in [-0.2, -0.15) is 0 Å². The Morgan fingerprint density at radius 2 is 1.94 bits per heavy atom. The highest BCUT2D eigenvalue weighted by molar-refractivity contribution is 7.13. The lowest BCUT2D eigenvalue weighted by molar-refractivity contribution is -0.149. The van der Waals surface area contributed by atoms with Gasteiger partial charge in [0.25, 0.3) is 0 Å². The smallest absolute Gasteiger partial charge is 0.333 e. The van der Waals surface area contributed by atoms with Crippen LogP contribution >= 0.6 is 11.3 Å². The Kier molecular flexibility index (Phi) is 7.11. The fourth-order valence-corrected chi connectivity index (χ4v) is 4.67. The lowest BCUT2D eigenvalue weighted by Crippen LogP contribution is -2.26. The Balaban J connectivity index is 1.52. The van der Waals surface area contributed by atoms with Gasteiger partial charge in [0.05, 0.1) is 18.3 Å². The molecule has 6 nitrogen and oxygen atoms in total. The molecule has 1 N–H and O–H groups in total. The van der Waals surface area contributed by atoms with Crippen molar-refractivity contribution in [1.82, 2.24) is 9.55 Å². The zero-order chi connectivity index (χ0) is 23.4. The summed E-state index contributed by atoms with van der Waals surface area (Å²) < 4.78 is 13.3. The molecule has 33 heavy (non-hydrogen) atoms. The molecule has 172 valence electrons. The monoisotopic (exact) mass is 464 g/mol. The van der Waals surface area contributed by atoms with Crippen LogP contribution < -0.4 is 4.74 Å². The largest absolute Gasteiger partial charge is 0.491 e. The topological polar surface area (TPSA) is 73.6 Å². The van der Waals surface area contributed by atoms with Crippen LogP contribution in [0.2, 0.25) is 0 Å². The van der Waals surface area contributed by atoms with Gasteiger partial charge >= 0.3 is 5.97 Å². The summed E-state index contributed by atoms with van der Waals surface area (Å²) in [5.41, 5.74) is 4.07. The van der Waals surface area contributed by atoms with Crippen LogP contribution in [0, 0.1) is 0 Å². The standard InChI is InChI=1S/C26H28N2O4S/c1-4-31-24(26(29)30)14-19-6-5-7-23-22(19)12-13-28(23)15-20-16-33-25(27-20)18-8-10-21(11-9-18)32-17(2)3/h5-13,16-17,24H,4,14-15H2,1-3H3,(H,29,30). The summed E-state index contributed by atoms with van der Waals surface area (Å²) in [5, 5.41) is 13.5. The van der Waals surface area contributed by atoms with Gasteiger partial charge in [-0.3, -0.25) is 0 Å². The number of fused-ring (bicyclic) bond motifs is 1. The number of hydrogen-bond donors (Lipinski definition) is 1. The fraction of sp³-hybridized carbons (Fsp3) is 0.308. The van der Waals surface area contributed by atoms with Gasteiger partial charge in [0.2, 0.25) is 0 Å². The van der Waals surface area contributed by atoms with Crippen molar-refractivity contribution in [2.24, 2.45) is 0 Å². The van der Waals surface area contributed by atoms with Gasteiger partial charge < -0.3 is 19.1 Å². The molecule has 0 bridgehead atoms. The first-order valence-corrected chi connectivity index (χ1v) is 11.9. The number of ether oxygens (including phenoxy) is 2. The third-order valence-electron chi connectivity index (χ3n) is 5.31. The van der Waals surface area contributed by atoms with E-state index in [1.54, 1.807) is 11.3 Å². The zero-order valence-electron chi connectivity index (χ0n) is 19.0. The zero-order valence-corrected chi connectivity index (χ0v) is 19.8. The number of thiazole rings is 1. The number of carboxylic acids is 1. The first-order chi connectivity index (χ1) is 15.9. The van der Waals surface area contributed by atoms with Crippen molar-refractivity contribution in [3.8, 4) is 16.3 Å². The lowest BCUT2D eigenvalue weighted by Gasteiger charge is -2.13. The summed E-state index contributed by atoms with van der Waals surface area (Å²) in [6, 6.07) is 16.0. The minimum atomic E-state index is -0.938. The number of benzene rings is 2. The number of aromatic nitrogens is 2. The summed E-state index contributed by atoms with van der Waals surface area (Å²) in [5.74, 6) is -0.0818. The normalized spacial score (nSPS) is 12.4. The molecule has 4 rings (SSSR count). The Hall–Kier alpha value is -3.16. The van der Waals surface area contributed by atoms with Crippen LogP contribution in [-0.4, -0.2) is 39.4 Å². The number of aliphatic carboxylic acids is 1. The van der Waals surface area contributed by atoms with Gasteiger partial charge in [-0.25, -0.2) is 9.78 Å². The van der Waals surface area contributed by atoms with Gasteiger partial charge in [-0.1, -0.05) is 12.1 Å². The average Bonchev–Trinajstić information content (AvgIpc) is 3.42. The molecule has 2 aromatic carbocycles. The molecule has 0 saturated heterocycles. The molecule has 0 fully saturated rings. The van der Waals surface area contributed by atoms with Crippen LogP contribution in [0.3, 0.4) is 0 Å². The predicted molar refractivity (Wildman–Crippen MR) is 131 cm³/mol. The van der Waals surface area contributed by atoms with Gasteiger partial charge in [-0.15, -0.1) is 11.3 Å². The van der Waals surface area contributed by atoms with Gasteiger partial charge in [0, 0.05) is 41.1 Å². The molecular weight excluding hydrogens is 436 g/mol. The fourth-order valence-electron chi connectivity index (χ4n) is 3.86. The average molecular weight is 465 g/mol. The maximum Gasteiger partial charge on any atom is 0.333 e. The summed E-state index contributed by atoms with van der Waals surface area (Å²) >= 11 is 1.62. The SMILES string of the molecule is CCOC(Cc1cccc2c1ccn2Cc1csc(-c2ccc(OC(C)C)cc2)n1)C(=O)O. The van der Waals surface area contributed by atoms with Crippen molar-refractivity contribution >= 4 is 28.2 Å². The molecule has 0 radical (unpaired) electrons. The van der Waals surface area contributed by atoms with Gasteiger partial charge in [-0.05, 0) is 62.7 Å². The Labute approximate surface area is 197 Å². The van der Waals surface area contributed by atoms with Crippen molar-refractivity contribution in [3.05, 3.63) is 71.4 Å². The number of rotatable bonds is 10. The van der Waals surface area contributed by atoms with Crippen LogP contribution in [0.15, 0.2) is 60.1 Å². The molecule has 0 aliphatic rings. The van der Waals surface area contributed by atoms with E-state index in [0.29, 0.717) is 19.6 Å². The molecule has 1 unspecified atom stereocenters. The van der Waals surface area contributed by atoms with E-state index in [1.165, 1.54) is 0 Å². The van der Waals surface area contributed by atoms with E-state index in [9.17, 15) is 9.90 Å². The first kappa shape index (κ1) is 23.0. The maximum atomic E-state index is 11.5.